The zero-order chi connectivity index (χ0) is 25.2. The fourth-order valence-electron chi connectivity index (χ4n) is 3.83. The van der Waals surface area contributed by atoms with Crippen molar-refractivity contribution in [1.29, 1.82) is 0 Å². The van der Waals surface area contributed by atoms with Gasteiger partial charge in [-0.2, -0.15) is 0 Å². The summed E-state index contributed by atoms with van der Waals surface area (Å²) < 4.78 is 31.5. The predicted molar refractivity (Wildman–Crippen MR) is 120 cm³/mol. The lowest BCUT2D eigenvalue weighted by Gasteiger charge is -2.39. The molecular formula is C23H27F2N5O4. The van der Waals surface area contributed by atoms with E-state index >= 15 is 0 Å². The number of ether oxygens (including phenoxy) is 1. The van der Waals surface area contributed by atoms with Gasteiger partial charge in [-0.05, 0) is 31.9 Å². The van der Waals surface area contributed by atoms with Gasteiger partial charge in [-0.3, -0.25) is 4.79 Å². The fourth-order valence-corrected chi connectivity index (χ4v) is 3.83. The zero-order valence-electron chi connectivity index (χ0n) is 19.7. The quantitative estimate of drug-likeness (QED) is 0.680. The van der Waals surface area contributed by atoms with Crippen LogP contribution in [0.5, 0.6) is 0 Å². The van der Waals surface area contributed by atoms with E-state index in [4.69, 9.17) is 4.74 Å². The number of piperazine rings is 1. The minimum atomic E-state index is -1.07. The van der Waals surface area contributed by atoms with Crippen molar-refractivity contribution in [3.05, 3.63) is 52.6 Å². The number of urea groups is 1. The van der Waals surface area contributed by atoms with Crippen molar-refractivity contribution < 1.29 is 27.9 Å². The summed E-state index contributed by atoms with van der Waals surface area (Å²) in [6, 6.07) is 2.20. The first-order valence-electron chi connectivity index (χ1n) is 10.8. The van der Waals surface area contributed by atoms with Gasteiger partial charge >= 0.3 is 12.0 Å². The molecule has 0 bridgehead atoms. The average Bonchev–Trinajstić information content (AvgIpc) is 2.79. The molecule has 11 heteroatoms. The predicted octanol–water partition coefficient (Wildman–Crippen LogP) is 3.35. The smallest absolute Gasteiger partial charge is 0.342 e. The van der Waals surface area contributed by atoms with E-state index in [9.17, 15) is 23.2 Å². The molecule has 2 aromatic rings. The van der Waals surface area contributed by atoms with E-state index in [0.717, 1.165) is 12.1 Å². The number of hydrogen-bond acceptors (Lipinski definition) is 6. The molecule has 1 aliphatic heterocycles. The molecule has 1 aromatic carbocycles. The Morgan fingerprint density at radius 3 is 2.44 bits per heavy atom. The van der Waals surface area contributed by atoms with Gasteiger partial charge in [0.2, 0.25) is 0 Å². The molecular weight excluding hydrogens is 448 g/mol. The summed E-state index contributed by atoms with van der Waals surface area (Å²) in [5, 5.41) is 2.54. The van der Waals surface area contributed by atoms with Crippen LogP contribution in [-0.2, 0) is 4.74 Å². The number of nitrogens with one attached hydrogen (secondary N) is 1. The molecule has 1 unspecified atom stereocenters. The molecule has 0 aliphatic carbocycles. The lowest BCUT2D eigenvalue weighted by molar-refractivity contribution is 0.0550. The third kappa shape index (κ3) is 5.13. The number of amides is 3. The molecule has 2 heterocycles. The van der Waals surface area contributed by atoms with Gasteiger partial charge in [0.15, 0.2) is 11.6 Å². The molecule has 1 N–H and O–H groups in total. The van der Waals surface area contributed by atoms with E-state index in [0.29, 0.717) is 11.5 Å². The number of halogens is 2. The molecule has 9 nitrogen and oxygen atoms in total. The van der Waals surface area contributed by atoms with E-state index in [1.807, 2.05) is 13.8 Å². The lowest BCUT2D eigenvalue weighted by atomic mass is 10.0. The summed E-state index contributed by atoms with van der Waals surface area (Å²) in [5.74, 6) is -3.01. The van der Waals surface area contributed by atoms with Crippen molar-refractivity contribution >= 4 is 23.6 Å². The average molecular weight is 475 g/mol. The molecule has 1 atom stereocenters. The molecule has 1 saturated heterocycles. The van der Waals surface area contributed by atoms with Crippen LogP contribution in [0.3, 0.4) is 0 Å². The number of nitrogens with zero attached hydrogens (tertiary/aromatic N) is 4. The standard InChI is InChI=1S/C23H27F2N5O4/c1-12(2)19-18(22(32)34-5)20(27-14(4)26-19)21(31)29-8-9-30(13(3)11-29)23(33)28-15-6-7-16(24)17(25)10-15/h6-7,10,12-13H,8-9,11H2,1-5H3,(H,28,33). The van der Waals surface area contributed by atoms with E-state index < -0.39 is 35.6 Å². The minimum absolute atomic E-state index is 0.0325. The number of esters is 1. The molecule has 3 rings (SSSR count). The molecule has 0 spiro atoms. The van der Waals surface area contributed by atoms with Crippen molar-refractivity contribution in [1.82, 2.24) is 19.8 Å². The normalized spacial score (nSPS) is 15.9. The Bertz CT molecular complexity index is 1120. The van der Waals surface area contributed by atoms with E-state index in [2.05, 4.69) is 15.3 Å². The summed E-state index contributed by atoms with van der Waals surface area (Å²) in [6.45, 7) is 7.68. The number of hydrogen-bond donors (Lipinski definition) is 1. The van der Waals surface area contributed by atoms with Gasteiger partial charge in [-0.25, -0.2) is 28.3 Å². The van der Waals surface area contributed by atoms with Crippen molar-refractivity contribution in [3.8, 4) is 0 Å². The van der Waals surface area contributed by atoms with Crippen LogP contribution in [0.4, 0.5) is 19.3 Å². The highest BCUT2D eigenvalue weighted by Crippen LogP contribution is 2.24. The number of aryl methyl sites for hydroxylation is 1. The maximum Gasteiger partial charge on any atom is 0.342 e. The molecule has 182 valence electrons. The van der Waals surface area contributed by atoms with Crippen LogP contribution in [0.1, 0.15) is 59.1 Å². The van der Waals surface area contributed by atoms with Gasteiger partial charge in [0.05, 0.1) is 12.8 Å². The van der Waals surface area contributed by atoms with Gasteiger partial charge in [0.25, 0.3) is 5.91 Å². The zero-order valence-corrected chi connectivity index (χ0v) is 19.7. The van der Waals surface area contributed by atoms with Crippen LogP contribution < -0.4 is 5.32 Å². The van der Waals surface area contributed by atoms with Gasteiger partial charge in [0.1, 0.15) is 17.1 Å². The van der Waals surface area contributed by atoms with Crippen LogP contribution in [0.2, 0.25) is 0 Å². The number of anilines is 1. The Morgan fingerprint density at radius 1 is 1.15 bits per heavy atom. The summed E-state index contributed by atoms with van der Waals surface area (Å²) in [4.78, 5) is 50.2. The van der Waals surface area contributed by atoms with Crippen LogP contribution in [-0.4, -0.2) is 70.5 Å². The van der Waals surface area contributed by atoms with Crippen LogP contribution in [0.25, 0.3) is 0 Å². The number of rotatable bonds is 4. The van der Waals surface area contributed by atoms with Gasteiger partial charge in [-0.1, -0.05) is 13.8 Å². The van der Waals surface area contributed by atoms with E-state index in [1.54, 1.807) is 13.8 Å². The summed E-state index contributed by atoms with van der Waals surface area (Å²) in [6.07, 6.45) is 0. The van der Waals surface area contributed by atoms with Gasteiger partial charge < -0.3 is 19.9 Å². The number of carbonyl (C=O) groups excluding carboxylic acids is 3. The van der Waals surface area contributed by atoms with Crippen LogP contribution in [0.15, 0.2) is 18.2 Å². The lowest BCUT2D eigenvalue weighted by Crippen LogP contribution is -2.56. The molecule has 3 amide bonds. The second-order valence-corrected chi connectivity index (χ2v) is 8.38. The minimum Gasteiger partial charge on any atom is -0.465 e. The topological polar surface area (TPSA) is 105 Å². The van der Waals surface area contributed by atoms with Gasteiger partial charge in [0, 0.05) is 37.4 Å². The maximum absolute atomic E-state index is 13.4. The summed E-state index contributed by atoms with van der Waals surface area (Å²) in [5.41, 5.74) is 0.560. The van der Waals surface area contributed by atoms with Crippen LogP contribution >= 0.6 is 0 Å². The SMILES string of the molecule is COC(=O)c1c(C(=O)N2CCN(C(=O)Nc3ccc(F)c(F)c3)C(C)C2)nc(C)nc1C(C)C. The van der Waals surface area contributed by atoms with E-state index in [-0.39, 0.29) is 42.5 Å². The highest BCUT2D eigenvalue weighted by Gasteiger charge is 2.34. The highest BCUT2D eigenvalue weighted by molar-refractivity contribution is 6.04. The third-order valence-electron chi connectivity index (χ3n) is 5.53. The Balaban J connectivity index is 1.79. The molecule has 0 radical (unpaired) electrons. The van der Waals surface area contributed by atoms with Crippen molar-refractivity contribution in [3.63, 3.8) is 0 Å². The molecule has 0 saturated carbocycles. The Morgan fingerprint density at radius 2 is 1.85 bits per heavy atom. The monoisotopic (exact) mass is 475 g/mol. The summed E-state index contributed by atoms with van der Waals surface area (Å²) >= 11 is 0. The molecule has 1 aromatic heterocycles. The second kappa shape index (κ2) is 10.1. The Kier molecular flexibility index (Phi) is 7.43. The van der Waals surface area contributed by atoms with Crippen molar-refractivity contribution in [2.24, 2.45) is 0 Å². The number of benzene rings is 1. The molecule has 1 aliphatic rings. The Hall–Kier alpha value is -3.63. The maximum atomic E-state index is 13.4. The summed E-state index contributed by atoms with van der Waals surface area (Å²) in [7, 11) is 1.23. The van der Waals surface area contributed by atoms with Crippen LogP contribution in [0, 0.1) is 18.6 Å². The van der Waals surface area contributed by atoms with Crippen molar-refractivity contribution in [2.75, 3.05) is 32.1 Å². The molecule has 1 fully saturated rings. The van der Waals surface area contributed by atoms with Gasteiger partial charge in [-0.15, -0.1) is 0 Å². The first-order valence-corrected chi connectivity index (χ1v) is 10.8. The highest BCUT2D eigenvalue weighted by atomic mass is 19.2. The number of carbonyl (C=O) groups is 3. The van der Waals surface area contributed by atoms with E-state index in [1.165, 1.54) is 23.0 Å². The first kappa shape index (κ1) is 25.0. The largest absolute Gasteiger partial charge is 0.465 e. The van der Waals surface area contributed by atoms with Crippen molar-refractivity contribution in [2.45, 2.75) is 39.7 Å². The number of aromatic nitrogens is 2. The Labute approximate surface area is 196 Å². The second-order valence-electron chi connectivity index (χ2n) is 8.38. The third-order valence-corrected chi connectivity index (χ3v) is 5.53. The molecule has 34 heavy (non-hydrogen) atoms. The number of methoxy groups -OCH3 is 1. The first-order chi connectivity index (χ1) is 16.0. The fraction of sp³-hybridized carbons (Fsp3) is 0.435.